The van der Waals surface area contributed by atoms with Crippen LogP contribution in [0.4, 0.5) is 0 Å². The zero-order valence-electron chi connectivity index (χ0n) is 7.33. The fraction of sp³-hybridized carbons (Fsp3) is 0.300. The van der Waals surface area contributed by atoms with Gasteiger partial charge in [-0.3, -0.25) is 0 Å². The van der Waals surface area contributed by atoms with Crippen LogP contribution in [0.15, 0.2) is 24.3 Å². The fourth-order valence-electron chi connectivity index (χ4n) is 0.814. The second-order valence-corrected chi connectivity index (χ2v) is 3.18. The lowest BCUT2D eigenvalue weighted by Gasteiger charge is -2.07. The van der Waals surface area contributed by atoms with Crippen molar-refractivity contribution in [2.45, 2.75) is 6.92 Å². The highest BCUT2D eigenvalue weighted by Gasteiger charge is 2.03. The molecule has 68 valence electrons. The van der Waals surface area contributed by atoms with Crippen molar-refractivity contribution in [3.63, 3.8) is 0 Å². The summed E-state index contributed by atoms with van der Waals surface area (Å²) in [6.07, 6.45) is 0. The Balaban J connectivity index is 2.56. The van der Waals surface area contributed by atoms with Gasteiger partial charge in [-0.1, -0.05) is 23.7 Å². The molecule has 0 aliphatic heterocycles. The molecule has 0 aromatic heterocycles. The third-order valence-electron chi connectivity index (χ3n) is 1.55. The quantitative estimate of drug-likeness (QED) is 0.743. The van der Waals surface area contributed by atoms with Gasteiger partial charge in [0.25, 0.3) is 0 Å². The zero-order chi connectivity index (χ0) is 9.68. The Morgan fingerprint density at radius 1 is 1.54 bits per heavy atom. The minimum absolute atomic E-state index is 0.115. The SMILES string of the molecule is CC(C#N)COc1ccccc1Cl. The van der Waals surface area contributed by atoms with Crippen LogP contribution in [0.2, 0.25) is 5.02 Å². The molecule has 0 N–H and O–H groups in total. The van der Waals surface area contributed by atoms with Crippen molar-refractivity contribution >= 4 is 11.6 Å². The van der Waals surface area contributed by atoms with Gasteiger partial charge < -0.3 is 4.74 Å². The fourth-order valence-corrected chi connectivity index (χ4v) is 1.00. The molecule has 1 aromatic rings. The molecule has 3 heteroatoms. The number of nitriles is 1. The van der Waals surface area contributed by atoms with Gasteiger partial charge in [-0.15, -0.1) is 0 Å². The van der Waals surface area contributed by atoms with Gasteiger partial charge in [0.1, 0.15) is 12.4 Å². The predicted molar refractivity (Wildman–Crippen MR) is 51.7 cm³/mol. The summed E-state index contributed by atoms with van der Waals surface area (Å²) in [4.78, 5) is 0. The van der Waals surface area contributed by atoms with Crippen LogP contribution in [0.3, 0.4) is 0 Å². The molecule has 0 aliphatic rings. The van der Waals surface area contributed by atoms with E-state index in [0.29, 0.717) is 17.4 Å². The molecule has 0 bridgehead atoms. The van der Waals surface area contributed by atoms with Crippen LogP contribution in [0.5, 0.6) is 5.75 Å². The summed E-state index contributed by atoms with van der Waals surface area (Å²) >= 11 is 5.84. The number of nitrogens with zero attached hydrogens (tertiary/aromatic N) is 1. The Bertz CT molecular complexity index is 319. The van der Waals surface area contributed by atoms with E-state index in [1.807, 2.05) is 12.1 Å². The molecular weight excluding hydrogens is 186 g/mol. The van der Waals surface area contributed by atoms with Gasteiger partial charge in [-0.25, -0.2) is 0 Å². The van der Waals surface area contributed by atoms with Gasteiger partial charge in [-0.2, -0.15) is 5.26 Å². The number of hydrogen-bond donors (Lipinski definition) is 0. The maximum absolute atomic E-state index is 8.52. The molecule has 0 radical (unpaired) electrons. The second-order valence-electron chi connectivity index (χ2n) is 2.77. The highest BCUT2D eigenvalue weighted by atomic mass is 35.5. The number of rotatable bonds is 3. The van der Waals surface area contributed by atoms with E-state index in [4.69, 9.17) is 21.6 Å². The van der Waals surface area contributed by atoms with Crippen LogP contribution >= 0.6 is 11.6 Å². The largest absolute Gasteiger partial charge is 0.491 e. The lowest BCUT2D eigenvalue weighted by atomic mass is 10.2. The van der Waals surface area contributed by atoms with Crippen molar-refractivity contribution in [1.82, 2.24) is 0 Å². The van der Waals surface area contributed by atoms with E-state index in [-0.39, 0.29) is 5.92 Å². The number of ether oxygens (including phenoxy) is 1. The molecule has 13 heavy (non-hydrogen) atoms. The molecule has 0 spiro atoms. The van der Waals surface area contributed by atoms with Gasteiger partial charge in [-0.05, 0) is 19.1 Å². The van der Waals surface area contributed by atoms with E-state index in [2.05, 4.69) is 6.07 Å². The summed E-state index contributed by atoms with van der Waals surface area (Å²) < 4.78 is 5.34. The summed E-state index contributed by atoms with van der Waals surface area (Å²) in [6.45, 7) is 2.18. The topological polar surface area (TPSA) is 33.0 Å². The summed E-state index contributed by atoms with van der Waals surface area (Å²) in [5.41, 5.74) is 0. The Morgan fingerprint density at radius 3 is 2.85 bits per heavy atom. The Labute approximate surface area is 82.7 Å². The minimum Gasteiger partial charge on any atom is -0.491 e. The number of halogens is 1. The van der Waals surface area contributed by atoms with Gasteiger partial charge >= 0.3 is 0 Å². The molecule has 1 atom stereocenters. The van der Waals surface area contributed by atoms with Crippen molar-refractivity contribution in [3.8, 4) is 11.8 Å². The normalized spacial score (nSPS) is 11.8. The first-order valence-corrected chi connectivity index (χ1v) is 4.38. The maximum Gasteiger partial charge on any atom is 0.137 e. The van der Waals surface area contributed by atoms with Crippen molar-refractivity contribution in [2.24, 2.45) is 5.92 Å². The molecule has 1 unspecified atom stereocenters. The standard InChI is InChI=1S/C10H10ClNO/c1-8(6-12)7-13-10-5-3-2-4-9(10)11/h2-5,8H,7H2,1H3. The maximum atomic E-state index is 8.52. The number of hydrogen-bond acceptors (Lipinski definition) is 2. The van der Waals surface area contributed by atoms with Gasteiger partial charge in [0.05, 0.1) is 17.0 Å². The predicted octanol–water partition coefficient (Wildman–Crippen LogP) is 2.88. The van der Waals surface area contributed by atoms with Crippen LogP contribution in [0.1, 0.15) is 6.92 Å². The highest BCUT2D eigenvalue weighted by molar-refractivity contribution is 6.32. The smallest absolute Gasteiger partial charge is 0.137 e. The Hall–Kier alpha value is -1.20. The van der Waals surface area contributed by atoms with E-state index in [0.717, 1.165) is 0 Å². The lowest BCUT2D eigenvalue weighted by molar-refractivity contribution is 0.288. The van der Waals surface area contributed by atoms with E-state index in [9.17, 15) is 0 Å². The van der Waals surface area contributed by atoms with Crippen molar-refractivity contribution in [3.05, 3.63) is 29.3 Å². The molecule has 0 aliphatic carbocycles. The van der Waals surface area contributed by atoms with E-state index < -0.39 is 0 Å². The van der Waals surface area contributed by atoms with Crippen molar-refractivity contribution in [2.75, 3.05) is 6.61 Å². The zero-order valence-corrected chi connectivity index (χ0v) is 8.08. The van der Waals surface area contributed by atoms with Crippen LogP contribution in [-0.2, 0) is 0 Å². The Kier molecular flexibility index (Phi) is 3.60. The van der Waals surface area contributed by atoms with Crippen LogP contribution in [-0.4, -0.2) is 6.61 Å². The second kappa shape index (κ2) is 4.74. The molecule has 2 nitrogen and oxygen atoms in total. The van der Waals surface area contributed by atoms with Crippen LogP contribution in [0, 0.1) is 17.2 Å². The molecule has 0 saturated carbocycles. The van der Waals surface area contributed by atoms with Gasteiger partial charge in [0, 0.05) is 0 Å². The monoisotopic (exact) mass is 195 g/mol. The van der Waals surface area contributed by atoms with E-state index in [1.165, 1.54) is 0 Å². The molecule has 1 rings (SSSR count). The molecule has 0 saturated heterocycles. The average Bonchev–Trinajstić information content (AvgIpc) is 2.16. The highest BCUT2D eigenvalue weighted by Crippen LogP contribution is 2.23. The summed E-state index contributed by atoms with van der Waals surface area (Å²) in [5, 5.41) is 9.10. The van der Waals surface area contributed by atoms with Crippen molar-refractivity contribution in [1.29, 1.82) is 5.26 Å². The molecule has 0 heterocycles. The summed E-state index contributed by atoms with van der Waals surface area (Å²) in [6, 6.07) is 9.31. The molecule has 1 aromatic carbocycles. The van der Waals surface area contributed by atoms with E-state index >= 15 is 0 Å². The van der Waals surface area contributed by atoms with Crippen LogP contribution in [0.25, 0.3) is 0 Å². The summed E-state index contributed by atoms with van der Waals surface area (Å²) in [5.74, 6) is 0.516. The van der Waals surface area contributed by atoms with Crippen LogP contribution < -0.4 is 4.74 Å². The minimum atomic E-state index is -0.115. The molecule has 0 fully saturated rings. The number of benzene rings is 1. The van der Waals surface area contributed by atoms with Gasteiger partial charge in [0.15, 0.2) is 0 Å². The molecule has 0 amide bonds. The average molecular weight is 196 g/mol. The third-order valence-corrected chi connectivity index (χ3v) is 1.86. The van der Waals surface area contributed by atoms with Crippen molar-refractivity contribution < 1.29 is 4.74 Å². The Morgan fingerprint density at radius 2 is 2.23 bits per heavy atom. The first-order chi connectivity index (χ1) is 6.24. The third kappa shape index (κ3) is 2.96. The molecular formula is C10H10ClNO. The number of para-hydroxylation sites is 1. The summed E-state index contributed by atoms with van der Waals surface area (Å²) in [7, 11) is 0. The first-order valence-electron chi connectivity index (χ1n) is 4.01. The lowest BCUT2D eigenvalue weighted by Crippen LogP contribution is -2.06. The van der Waals surface area contributed by atoms with E-state index in [1.54, 1.807) is 19.1 Å². The van der Waals surface area contributed by atoms with Gasteiger partial charge in [0.2, 0.25) is 0 Å². The first kappa shape index (κ1) is 9.88.